The summed E-state index contributed by atoms with van der Waals surface area (Å²) >= 11 is 2.03. The van der Waals surface area contributed by atoms with Crippen LogP contribution in [0, 0.1) is 0 Å². The molecular weight excluding hydrogens is 416 g/mol. The Morgan fingerprint density at radius 2 is 1.00 bits per heavy atom. The molecule has 2 aliphatic heterocycles. The van der Waals surface area contributed by atoms with Crippen LogP contribution in [-0.4, -0.2) is 50.9 Å². The maximum atomic E-state index is 5.44. The summed E-state index contributed by atoms with van der Waals surface area (Å²) in [4.78, 5) is 4.80. The summed E-state index contributed by atoms with van der Waals surface area (Å²) in [5, 5.41) is 8.83. The van der Waals surface area contributed by atoms with E-state index in [1.54, 1.807) is 0 Å². The van der Waals surface area contributed by atoms with Crippen LogP contribution >= 0.6 is 11.8 Å². The summed E-state index contributed by atoms with van der Waals surface area (Å²) in [5.74, 6) is 2.41. The van der Waals surface area contributed by atoms with E-state index < -0.39 is 0 Å². The van der Waals surface area contributed by atoms with Crippen LogP contribution in [0.2, 0.25) is 0 Å². The molecule has 5 rings (SSSR count). The van der Waals surface area contributed by atoms with Crippen LogP contribution in [-0.2, 0) is 4.74 Å². The molecule has 0 spiro atoms. The molecule has 32 heavy (non-hydrogen) atoms. The summed E-state index contributed by atoms with van der Waals surface area (Å²) in [6, 6.07) is 25.4. The van der Waals surface area contributed by atoms with E-state index in [2.05, 4.69) is 68.6 Å². The fourth-order valence-corrected chi connectivity index (χ4v) is 4.98. The van der Waals surface area contributed by atoms with Crippen molar-refractivity contribution in [2.75, 3.05) is 60.7 Å². The summed E-state index contributed by atoms with van der Waals surface area (Å²) in [6.45, 7) is 5.76. The fraction of sp³-hybridized carbons (Fsp3) is 0.308. The van der Waals surface area contributed by atoms with Gasteiger partial charge in [0.2, 0.25) is 0 Å². The molecule has 2 saturated heterocycles. The van der Waals surface area contributed by atoms with Crippen molar-refractivity contribution in [3.63, 3.8) is 0 Å². The van der Waals surface area contributed by atoms with Gasteiger partial charge in [-0.1, -0.05) is 24.3 Å². The molecule has 0 radical (unpaired) electrons. The first-order chi connectivity index (χ1) is 15.8. The van der Waals surface area contributed by atoms with Crippen LogP contribution in [0.4, 0.5) is 22.7 Å². The molecule has 5 nitrogen and oxygen atoms in total. The van der Waals surface area contributed by atoms with E-state index in [0.717, 1.165) is 50.8 Å². The first-order valence-electron chi connectivity index (χ1n) is 11.2. The minimum absolute atomic E-state index is 0.805. The molecule has 164 valence electrons. The van der Waals surface area contributed by atoms with Gasteiger partial charge in [-0.15, -0.1) is 0 Å². The maximum absolute atomic E-state index is 5.44. The van der Waals surface area contributed by atoms with Crippen molar-refractivity contribution in [3.05, 3.63) is 72.8 Å². The Balaban J connectivity index is 1.21. The predicted octanol–water partition coefficient (Wildman–Crippen LogP) is 6.16. The smallest absolute Gasteiger partial charge is 0.0858 e. The van der Waals surface area contributed by atoms with Crippen LogP contribution in [0.1, 0.15) is 0 Å². The molecule has 0 atom stereocenters. The summed E-state index contributed by atoms with van der Waals surface area (Å²) in [5.41, 5.74) is 6.65. The van der Waals surface area contributed by atoms with E-state index in [0.29, 0.717) is 0 Å². The molecule has 6 heteroatoms. The van der Waals surface area contributed by atoms with Gasteiger partial charge in [0.15, 0.2) is 0 Å². The minimum Gasteiger partial charge on any atom is -0.378 e. The van der Waals surface area contributed by atoms with E-state index in [4.69, 9.17) is 4.74 Å². The molecule has 0 N–H and O–H groups in total. The van der Waals surface area contributed by atoms with Crippen LogP contribution in [0.5, 0.6) is 0 Å². The highest BCUT2D eigenvalue weighted by Gasteiger charge is 2.12. The van der Waals surface area contributed by atoms with E-state index >= 15 is 0 Å². The molecule has 0 amide bonds. The zero-order valence-electron chi connectivity index (χ0n) is 18.2. The molecule has 2 fully saturated rings. The van der Waals surface area contributed by atoms with Gasteiger partial charge in [0.25, 0.3) is 0 Å². The molecular formula is C26H28N4OS. The average molecular weight is 445 g/mol. The second kappa shape index (κ2) is 10.2. The van der Waals surface area contributed by atoms with Gasteiger partial charge >= 0.3 is 0 Å². The minimum atomic E-state index is 0.805. The Kier molecular flexibility index (Phi) is 6.70. The lowest BCUT2D eigenvalue weighted by atomic mass is 10.0. The van der Waals surface area contributed by atoms with E-state index in [9.17, 15) is 0 Å². The van der Waals surface area contributed by atoms with Gasteiger partial charge in [-0.2, -0.15) is 22.0 Å². The van der Waals surface area contributed by atoms with Crippen molar-refractivity contribution < 1.29 is 4.74 Å². The molecule has 0 aliphatic carbocycles. The molecule has 0 saturated carbocycles. The van der Waals surface area contributed by atoms with Gasteiger partial charge in [0, 0.05) is 49.1 Å². The molecule has 2 heterocycles. The lowest BCUT2D eigenvalue weighted by Gasteiger charge is -2.28. The average Bonchev–Trinajstić information content (AvgIpc) is 2.89. The van der Waals surface area contributed by atoms with Gasteiger partial charge in [0.1, 0.15) is 0 Å². The number of benzene rings is 3. The number of hydrogen-bond donors (Lipinski definition) is 0. The lowest BCUT2D eigenvalue weighted by molar-refractivity contribution is 0.122. The zero-order chi connectivity index (χ0) is 21.6. The third-order valence-corrected chi connectivity index (χ3v) is 6.89. The van der Waals surface area contributed by atoms with Gasteiger partial charge in [-0.3, -0.25) is 0 Å². The summed E-state index contributed by atoms with van der Waals surface area (Å²) in [6.07, 6.45) is 0. The van der Waals surface area contributed by atoms with Crippen LogP contribution < -0.4 is 9.80 Å². The third-order valence-electron chi connectivity index (χ3n) is 5.95. The first-order valence-corrected chi connectivity index (χ1v) is 12.4. The number of azo groups is 1. The highest BCUT2D eigenvalue weighted by atomic mass is 32.2. The van der Waals surface area contributed by atoms with Crippen LogP contribution in [0.15, 0.2) is 83.0 Å². The molecule has 0 unspecified atom stereocenters. The van der Waals surface area contributed by atoms with Gasteiger partial charge in [0.05, 0.1) is 24.6 Å². The maximum Gasteiger partial charge on any atom is 0.0858 e. The molecule has 3 aromatic carbocycles. The second-order valence-corrected chi connectivity index (χ2v) is 9.23. The highest BCUT2D eigenvalue weighted by Crippen LogP contribution is 2.27. The van der Waals surface area contributed by atoms with Crippen molar-refractivity contribution in [2.24, 2.45) is 10.2 Å². The van der Waals surface area contributed by atoms with Crippen LogP contribution in [0.25, 0.3) is 11.1 Å². The van der Waals surface area contributed by atoms with Crippen LogP contribution in [0.3, 0.4) is 0 Å². The van der Waals surface area contributed by atoms with Crippen molar-refractivity contribution >= 4 is 34.5 Å². The largest absolute Gasteiger partial charge is 0.378 e. The van der Waals surface area contributed by atoms with Crippen molar-refractivity contribution in [1.82, 2.24) is 0 Å². The van der Waals surface area contributed by atoms with Crippen molar-refractivity contribution in [1.29, 1.82) is 0 Å². The first kappa shape index (κ1) is 21.0. The monoisotopic (exact) mass is 444 g/mol. The van der Waals surface area contributed by atoms with Gasteiger partial charge < -0.3 is 14.5 Å². The number of thioether (sulfide) groups is 1. The number of rotatable bonds is 5. The molecule has 0 bridgehead atoms. The normalized spacial score (nSPS) is 17.1. The van der Waals surface area contributed by atoms with Crippen molar-refractivity contribution in [2.45, 2.75) is 0 Å². The third kappa shape index (κ3) is 5.14. The van der Waals surface area contributed by atoms with Crippen molar-refractivity contribution in [3.8, 4) is 11.1 Å². The summed E-state index contributed by atoms with van der Waals surface area (Å²) < 4.78 is 5.44. The highest BCUT2D eigenvalue weighted by molar-refractivity contribution is 7.99. The fourth-order valence-electron chi connectivity index (χ4n) is 4.07. The summed E-state index contributed by atoms with van der Waals surface area (Å²) in [7, 11) is 0. The Morgan fingerprint density at radius 1 is 0.562 bits per heavy atom. The Morgan fingerprint density at radius 3 is 1.56 bits per heavy atom. The lowest BCUT2D eigenvalue weighted by Crippen LogP contribution is -2.36. The standard InChI is InChI=1S/C26H28N4OS/c1-5-23(27-28-24-7-11-26(12-8-24)30-15-19-32-20-16-30)6-2-21(1)22-3-9-25(10-4-22)29-13-17-31-18-14-29/h1-12H,13-20H2. The quantitative estimate of drug-likeness (QED) is 0.442. The topological polar surface area (TPSA) is 40.4 Å². The van der Waals surface area contributed by atoms with E-state index in [-0.39, 0.29) is 0 Å². The molecule has 0 aromatic heterocycles. The SMILES string of the molecule is c1cc(-c2ccc(N3CCOCC3)cc2)ccc1N=Nc1ccc(N2CCSCC2)cc1. The Labute approximate surface area is 194 Å². The number of hydrogen-bond acceptors (Lipinski definition) is 6. The van der Waals surface area contributed by atoms with Gasteiger partial charge in [-0.25, -0.2) is 0 Å². The van der Waals surface area contributed by atoms with E-state index in [1.807, 2.05) is 36.0 Å². The second-order valence-electron chi connectivity index (χ2n) is 8.01. The zero-order valence-corrected chi connectivity index (χ0v) is 19.0. The number of morpholine rings is 1. The Hall–Kier alpha value is -2.83. The molecule has 2 aliphatic rings. The Bertz CT molecular complexity index is 1020. The van der Waals surface area contributed by atoms with E-state index in [1.165, 1.54) is 34.0 Å². The number of ether oxygens (including phenoxy) is 1. The molecule has 3 aromatic rings. The number of anilines is 2. The number of nitrogens with zero attached hydrogens (tertiary/aromatic N) is 4. The predicted molar refractivity (Wildman–Crippen MR) is 135 cm³/mol. The van der Waals surface area contributed by atoms with Gasteiger partial charge in [-0.05, 0) is 59.7 Å².